The Labute approximate surface area is 188 Å². The van der Waals surface area contributed by atoms with Gasteiger partial charge in [0.1, 0.15) is 6.10 Å². The number of nitrogens with one attached hydrogen (secondary N) is 1. The Morgan fingerprint density at radius 2 is 1.68 bits per heavy atom. The lowest BCUT2D eigenvalue weighted by atomic mass is 9.92. The van der Waals surface area contributed by atoms with Crippen molar-refractivity contribution in [1.82, 2.24) is 20.0 Å². The van der Waals surface area contributed by atoms with Crippen molar-refractivity contribution < 1.29 is 14.3 Å². The number of guanidine groups is 1. The van der Waals surface area contributed by atoms with Gasteiger partial charge in [0.25, 0.3) is 5.91 Å². The van der Waals surface area contributed by atoms with Gasteiger partial charge >= 0.3 is 0 Å². The number of carbonyl (C=O) groups excluding carboxylic acids is 1. The quantitative estimate of drug-likeness (QED) is 0.457. The molecule has 0 aromatic heterocycles. The summed E-state index contributed by atoms with van der Waals surface area (Å²) in [4.78, 5) is 24.6. The van der Waals surface area contributed by atoms with E-state index in [4.69, 9.17) is 14.5 Å². The molecule has 1 amide bonds. The van der Waals surface area contributed by atoms with Crippen molar-refractivity contribution in [3.8, 4) is 0 Å². The van der Waals surface area contributed by atoms with Gasteiger partial charge in [-0.3, -0.25) is 14.7 Å². The number of carbonyl (C=O) groups is 1. The first-order valence-electron chi connectivity index (χ1n) is 12.4. The monoisotopic (exact) mass is 437 g/mol. The van der Waals surface area contributed by atoms with E-state index in [1.807, 2.05) is 4.90 Å². The van der Waals surface area contributed by atoms with Crippen molar-refractivity contribution in [2.45, 2.75) is 58.6 Å². The van der Waals surface area contributed by atoms with Crippen LogP contribution in [0.1, 0.15) is 46.5 Å². The largest absolute Gasteiger partial charge is 0.379 e. The standard InChI is InChI=1S/C23H43N5O3/c1-4-19(5-2)20(26-13-16-30-17-14-26)18-25-23(24-6-3)28-11-9-27(10-12-28)22(29)21-8-7-15-31-21/h19-21H,4-18H2,1-3H3,(H,24,25). The van der Waals surface area contributed by atoms with E-state index in [0.29, 0.717) is 18.6 Å². The molecule has 2 unspecified atom stereocenters. The van der Waals surface area contributed by atoms with Gasteiger partial charge in [-0.2, -0.15) is 0 Å². The number of hydrogen-bond acceptors (Lipinski definition) is 5. The lowest BCUT2D eigenvalue weighted by Crippen LogP contribution is -2.55. The summed E-state index contributed by atoms with van der Waals surface area (Å²) in [6.45, 7) is 15.8. The molecule has 3 aliphatic heterocycles. The van der Waals surface area contributed by atoms with Crippen molar-refractivity contribution in [2.75, 3.05) is 72.2 Å². The summed E-state index contributed by atoms with van der Waals surface area (Å²) in [5.74, 6) is 1.79. The van der Waals surface area contributed by atoms with Crippen molar-refractivity contribution in [2.24, 2.45) is 10.9 Å². The van der Waals surface area contributed by atoms with Crippen molar-refractivity contribution in [3.05, 3.63) is 0 Å². The third kappa shape index (κ3) is 6.56. The Morgan fingerprint density at radius 1 is 1.00 bits per heavy atom. The Bertz CT molecular complexity index is 564. The van der Waals surface area contributed by atoms with E-state index in [1.165, 1.54) is 12.8 Å². The van der Waals surface area contributed by atoms with Crippen LogP contribution in [0.3, 0.4) is 0 Å². The molecular weight excluding hydrogens is 394 g/mol. The van der Waals surface area contributed by atoms with Gasteiger partial charge in [-0.05, 0) is 25.7 Å². The molecule has 31 heavy (non-hydrogen) atoms. The van der Waals surface area contributed by atoms with E-state index in [1.54, 1.807) is 0 Å². The summed E-state index contributed by atoms with van der Waals surface area (Å²) in [5.41, 5.74) is 0. The molecule has 8 nitrogen and oxygen atoms in total. The number of ether oxygens (including phenoxy) is 2. The molecule has 0 spiro atoms. The van der Waals surface area contributed by atoms with Gasteiger partial charge in [-0.25, -0.2) is 0 Å². The molecule has 3 rings (SSSR count). The van der Waals surface area contributed by atoms with E-state index in [0.717, 1.165) is 84.4 Å². The molecule has 0 aliphatic carbocycles. The highest BCUT2D eigenvalue weighted by Gasteiger charge is 2.31. The zero-order chi connectivity index (χ0) is 22.1. The molecule has 0 bridgehead atoms. The molecule has 0 saturated carbocycles. The first-order chi connectivity index (χ1) is 15.2. The molecule has 0 radical (unpaired) electrons. The van der Waals surface area contributed by atoms with Crippen molar-refractivity contribution in [1.29, 1.82) is 0 Å². The van der Waals surface area contributed by atoms with Gasteiger partial charge in [-0.1, -0.05) is 26.7 Å². The number of piperazine rings is 1. The maximum Gasteiger partial charge on any atom is 0.251 e. The summed E-state index contributed by atoms with van der Waals surface area (Å²) in [6, 6.07) is 0.454. The topological polar surface area (TPSA) is 69.6 Å². The second kappa shape index (κ2) is 12.6. The van der Waals surface area contributed by atoms with Crippen LogP contribution in [0.2, 0.25) is 0 Å². The second-order valence-corrected chi connectivity index (χ2v) is 8.80. The van der Waals surface area contributed by atoms with Crippen LogP contribution in [-0.2, 0) is 14.3 Å². The number of nitrogens with zero attached hydrogens (tertiary/aromatic N) is 4. The molecule has 0 aromatic carbocycles. The second-order valence-electron chi connectivity index (χ2n) is 8.80. The van der Waals surface area contributed by atoms with Crippen LogP contribution >= 0.6 is 0 Å². The first-order valence-corrected chi connectivity index (χ1v) is 12.4. The predicted octanol–water partition coefficient (Wildman–Crippen LogP) is 1.41. The third-order valence-corrected chi connectivity index (χ3v) is 6.97. The van der Waals surface area contributed by atoms with Gasteiger partial charge in [0, 0.05) is 58.5 Å². The van der Waals surface area contributed by atoms with Gasteiger partial charge in [0.15, 0.2) is 5.96 Å². The SMILES string of the molecule is CCNC(=NCC(C(CC)CC)N1CCOCC1)N1CCN(C(=O)C2CCCO2)CC1. The van der Waals surface area contributed by atoms with Gasteiger partial charge in [0.05, 0.1) is 19.8 Å². The summed E-state index contributed by atoms with van der Waals surface area (Å²) in [7, 11) is 0. The van der Waals surface area contributed by atoms with Crippen LogP contribution in [-0.4, -0.2) is 111 Å². The molecule has 3 fully saturated rings. The molecule has 0 aromatic rings. The smallest absolute Gasteiger partial charge is 0.251 e. The first kappa shape index (κ1) is 24.3. The average Bonchev–Trinajstić information content (AvgIpc) is 3.36. The molecule has 3 aliphatic rings. The van der Waals surface area contributed by atoms with E-state index in [9.17, 15) is 4.79 Å². The fraction of sp³-hybridized carbons (Fsp3) is 0.913. The molecule has 1 N–H and O–H groups in total. The normalized spacial score (nSPS) is 24.6. The summed E-state index contributed by atoms with van der Waals surface area (Å²) in [5, 5.41) is 3.49. The molecule has 3 heterocycles. The summed E-state index contributed by atoms with van der Waals surface area (Å²) < 4.78 is 11.2. The van der Waals surface area contributed by atoms with Crippen LogP contribution < -0.4 is 5.32 Å². The highest BCUT2D eigenvalue weighted by Crippen LogP contribution is 2.21. The predicted molar refractivity (Wildman–Crippen MR) is 123 cm³/mol. The fourth-order valence-corrected chi connectivity index (χ4v) is 5.03. The number of hydrogen-bond donors (Lipinski definition) is 1. The fourth-order valence-electron chi connectivity index (χ4n) is 5.03. The lowest BCUT2D eigenvalue weighted by Gasteiger charge is -2.39. The van der Waals surface area contributed by atoms with Crippen LogP contribution in [0.15, 0.2) is 4.99 Å². The minimum Gasteiger partial charge on any atom is -0.379 e. The van der Waals surface area contributed by atoms with E-state index in [-0.39, 0.29) is 12.0 Å². The Kier molecular flexibility index (Phi) is 9.87. The number of aliphatic imine (C=N–C) groups is 1. The van der Waals surface area contributed by atoms with Gasteiger partial charge in [0.2, 0.25) is 0 Å². The van der Waals surface area contributed by atoms with Crippen molar-refractivity contribution >= 4 is 11.9 Å². The maximum absolute atomic E-state index is 12.7. The van der Waals surface area contributed by atoms with E-state index in [2.05, 4.69) is 35.9 Å². The van der Waals surface area contributed by atoms with E-state index < -0.39 is 0 Å². The third-order valence-electron chi connectivity index (χ3n) is 6.97. The number of rotatable bonds is 8. The zero-order valence-electron chi connectivity index (χ0n) is 19.9. The summed E-state index contributed by atoms with van der Waals surface area (Å²) >= 11 is 0. The lowest BCUT2D eigenvalue weighted by molar-refractivity contribution is -0.142. The Balaban J connectivity index is 1.60. The zero-order valence-corrected chi connectivity index (χ0v) is 19.9. The summed E-state index contributed by atoms with van der Waals surface area (Å²) in [6.07, 6.45) is 3.99. The highest BCUT2D eigenvalue weighted by atomic mass is 16.5. The van der Waals surface area contributed by atoms with Crippen LogP contribution in [0.5, 0.6) is 0 Å². The van der Waals surface area contributed by atoms with Crippen molar-refractivity contribution in [3.63, 3.8) is 0 Å². The average molecular weight is 438 g/mol. The highest BCUT2D eigenvalue weighted by molar-refractivity contribution is 5.82. The molecule has 8 heteroatoms. The molecule has 178 valence electrons. The van der Waals surface area contributed by atoms with Gasteiger partial charge < -0.3 is 24.6 Å². The minimum atomic E-state index is -0.220. The van der Waals surface area contributed by atoms with Crippen LogP contribution in [0.4, 0.5) is 0 Å². The van der Waals surface area contributed by atoms with E-state index >= 15 is 0 Å². The van der Waals surface area contributed by atoms with Crippen LogP contribution in [0, 0.1) is 5.92 Å². The minimum absolute atomic E-state index is 0.167. The number of morpholine rings is 1. The maximum atomic E-state index is 12.7. The Hall–Kier alpha value is -1.38. The molecular formula is C23H43N5O3. The van der Waals surface area contributed by atoms with Crippen LogP contribution in [0.25, 0.3) is 0 Å². The molecule has 2 atom stereocenters. The molecule has 3 saturated heterocycles. The Morgan fingerprint density at radius 3 is 2.26 bits per heavy atom. The number of amides is 1. The van der Waals surface area contributed by atoms with Gasteiger partial charge in [-0.15, -0.1) is 0 Å².